The van der Waals surface area contributed by atoms with E-state index < -0.39 is 0 Å². The molecule has 1 saturated heterocycles. The molecule has 0 spiro atoms. The van der Waals surface area contributed by atoms with Crippen LogP contribution >= 0.6 is 0 Å². The Morgan fingerprint density at radius 3 is 2.71 bits per heavy atom. The van der Waals surface area contributed by atoms with Gasteiger partial charge in [-0.05, 0) is 49.6 Å². The first-order valence-electron chi connectivity index (χ1n) is 12.4. The summed E-state index contributed by atoms with van der Waals surface area (Å²) in [6.07, 6.45) is 3.87. The Hall–Kier alpha value is -3.86. The molecule has 3 amide bonds. The average molecular weight is 473 g/mol. The number of benzene rings is 2. The standard InChI is InChI=1S/C27H32N6O2/c1-2-3-14-33(27(35)29-22-8-6-7-20(18-22)19-28)17-13-25(34)32-15-11-21(12-16-32)26-30-23-9-4-5-10-24(23)31-26/h4-10,18,21H,2-3,11-17H2,1H3,(H,29,35)(H,30,31). The summed E-state index contributed by atoms with van der Waals surface area (Å²) in [6.45, 7) is 4.42. The number of nitriles is 1. The molecule has 0 bridgehead atoms. The van der Waals surface area contributed by atoms with Gasteiger partial charge in [0.25, 0.3) is 0 Å². The number of para-hydroxylation sites is 2. The van der Waals surface area contributed by atoms with Crippen LogP contribution in [0.1, 0.15) is 56.3 Å². The van der Waals surface area contributed by atoms with Gasteiger partial charge in [0.1, 0.15) is 5.82 Å². The van der Waals surface area contributed by atoms with Crippen molar-refractivity contribution in [2.75, 3.05) is 31.5 Å². The number of aromatic nitrogens is 2. The van der Waals surface area contributed by atoms with Gasteiger partial charge < -0.3 is 20.1 Å². The Morgan fingerprint density at radius 2 is 1.97 bits per heavy atom. The summed E-state index contributed by atoms with van der Waals surface area (Å²) >= 11 is 0. The molecule has 1 aliphatic heterocycles. The minimum atomic E-state index is -0.245. The second-order valence-electron chi connectivity index (χ2n) is 9.01. The Balaban J connectivity index is 1.29. The number of carbonyl (C=O) groups excluding carboxylic acids is 2. The number of imidazole rings is 1. The van der Waals surface area contributed by atoms with Gasteiger partial charge in [-0.15, -0.1) is 0 Å². The number of hydrogen-bond acceptors (Lipinski definition) is 4. The molecule has 8 heteroatoms. The molecule has 4 rings (SSSR count). The van der Waals surface area contributed by atoms with Crippen molar-refractivity contribution in [2.24, 2.45) is 0 Å². The van der Waals surface area contributed by atoms with Crippen molar-refractivity contribution in [1.29, 1.82) is 5.26 Å². The maximum atomic E-state index is 12.9. The van der Waals surface area contributed by atoms with Crippen LogP contribution in [0.3, 0.4) is 0 Å². The number of rotatable bonds is 8. The van der Waals surface area contributed by atoms with Crippen molar-refractivity contribution in [2.45, 2.75) is 44.9 Å². The largest absolute Gasteiger partial charge is 0.343 e. The minimum Gasteiger partial charge on any atom is -0.343 e. The first-order chi connectivity index (χ1) is 17.1. The number of urea groups is 1. The summed E-state index contributed by atoms with van der Waals surface area (Å²) in [6, 6.07) is 16.7. The van der Waals surface area contributed by atoms with Gasteiger partial charge in [0.15, 0.2) is 0 Å². The van der Waals surface area contributed by atoms with E-state index in [2.05, 4.69) is 23.3 Å². The second-order valence-corrected chi connectivity index (χ2v) is 9.01. The number of nitrogens with one attached hydrogen (secondary N) is 2. The maximum absolute atomic E-state index is 12.9. The van der Waals surface area contributed by atoms with Crippen molar-refractivity contribution < 1.29 is 9.59 Å². The number of carbonyl (C=O) groups is 2. The highest BCUT2D eigenvalue weighted by Crippen LogP contribution is 2.28. The van der Waals surface area contributed by atoms with Crippen LogP contribution < -0.4 is 5.32 Å². The van der Waals surface area contributed by atoms with E-state index in [1.54, 1.807) is 29.2 Å². The van der Waals surface area contributed by atoms with Gasteiger partial charge in [-0.1, -0.05) is 31.5 Å². The fourth-order valence-electron chi connectivity index (χ4n) is 4.49. The summed E-state index contributed by atoms with van der Waals surface area (Å²) in [5.41, 5.74) is 3.09. The highest BCUT2D eigenvalue weighted by Gasteiger charge is 2.26. The van der Waals surface area contributed by atoms with E-state index in [1.165, 1.54) is 0 Å². The van der Waals surface area contributed by atoms with E-state index in [0.717, 1.165) is 42.5 Å². The van der Waals surface area contributed by atoms with E-state index in [1.807, 2.05) is 29.2 Å². The van der Waals surface area contributed by atoms with Crippen LogP contribution in [0.2, 0.25) is 0 Å². The number of anilines is 1. The molecule has 1 aromatic heterocycles. The van der Waals surface area contributed by atoms with Crippen molar-refractivity contribution >= 4 is 28.7 Å². The van der Waals surface area contributed by atoms with Gasteiger partial charge in [-0.2, -0.15) is 5.26 Å². The van der Waals surface area contributed by atoms with Crippen LogP contribution in [0.15, 0.2) is 48.5 Å². The molecule has 0 unspecified atom stereocenters. The molecule has 0 saturated carbocycles. The Bertz CT molecular complexity index is 1170. The summed E-state index contributed by atoms with van der Waals surface area (Å²) in [5, 5.41) is 11.9. The monoisotopic (exact) mass is 472 g/mol. The first-order valence-corrected chi connectivity index (χ1v) is 12.4. The summed E-state index contributed by atoms with van der Waals surface area (Å²) in [4.78, 5) is 37.6. The van der Waals surface area contributed by atoms with Crippen LogP contribution in [0.25, 0.3) is 11.0 Å². The quantitative estimate of drug-likeness (QED) is 0.488. The lowest BCUT2D eigenvalue weighted by atomic mass is 9.96. The molecule has 1 aliphatic rings. The topological polar surface area (TPSA) is 105 Å². The highest BCUT2D eigenvalue weighted by atomic mass is 16.2. The molecule has 2 heterocycles. The van der Waals surface area contributed by atoms with Gasteiger partial charge in [0.2, 0.25) is 5.91 Å². The minimum absolute atomic E-state index is 0.0776. The van der Waals surface area contributed by atoms with Crippen LogP contribution in [0, 0.1) is 11.3 Å². The van der Waals surface area contributed by atoms with E-state index in [4.69, 9.17) is 10.2 Å². The molecule has 35 heavy (non-hydrogen) atoms. The van der Waals surface area contributed by atoms with Gasteiger partial charge in [-0.3, -0.25) is 4.79 Å². The Kier molecular flexibility index (Phi) is 7.99. The average Bonchev–Trinajstić information content (AvgIpc) is 3.33. The molecule has 0 atom stereocenters. The third kappa shape index (κ3) is 6.18. The number of hydrogen-bond donors (Lipinski definition) is 2. The number of piperidine rings is 1. The third-order valence-corrected chi connectivity index (χ3v) is 6.55. The maximum Gasteiger partial charge on any atom is 0.321 e. The summed E-state index contributed by atoms with van der Waals surface area (Å²) < 4.78 is 0. The van der Waals surface area contributed by atoms with Crippen LogP contribution in [0.4, 0.5) is 10.5 Å². The molecular formula is C27H32N6O2. The lowest BCUT2D eigenvalue weighted by Gasteiger charge is -2.32. The lowest BCUT2D eigenvalue weighted by Crippen LogP contribution is -2.42. The first kappa shape index (κ1) is 24.3. The van der Waals surface area contributed by atoms with Crippen molar-refractivity contribution in [3.63, 3.8) is 0 Å². The van der Waals surface area contributed by atoms with Crippen molar-refractivity contribution in [3.8, 4) is 6.07 Å². The molecule has 3 aromatic rings. The summed E-state index contributed by atoms with van der Waals surface area (Å²) in [7, 11) is 0. The predicted octanol–water partition coefficient (Wildman–Crippen LogP) is 4.86. The van der Waals surface area contributed by atoms with Crippen LogP contribution in [0.5, 0.6) is 0 Å². The molecule has 1 fully saturated rings. The zero-order chi connectivity index (χ0) is 24.6. The van der Waals surface area contributed by atoms with E-state index >= 15 is 0 Å². The molecule has 2 N–H and O–H groups in total. The number of fused-ring (bicyclic) bond motifs is 1. The zero-order valence-electron chi connectivity index (χ0n) is 20.2. The number of likely N-dealkylation sites (tertiary alicyclic amines) is 1. The number of unbranched alkanes of at least 4 members (excludes halogenated alkanes) is 1. The smallest absolute Gasteiger partial charge is 0.321 e. The van der Waals surface area contributed by atoms with Crippen molar-refractivity contribution in [3.05, 3.63) is 59.9 Å². The van der Waals surface area contributed by atoms with Gasteiger partial charge in [0.05, 0.1) is 22.7 Å². The summed E-state index contributed by atoms with van der Waals surface area (Å²) in [5.74, 6) is 1.40. The van der Waals surface area contributed by atoms with E-state index in [9.17, 15) is 9.59 Å². The second kappa shape index (κ2) is 11.5. The zero-order valence-corrected chi connectivity index (χ0v) is 20.2. The molecule has 182 valence electrons. The number of amides is 3. The van der Waals surface area contributed by atoms with Gasteiger partial charge in [0, 0.05) is 44.2 Å². The SMILES string of the molecule is CCCCN(CCC(=O)N1CCC(c2nc3ccccc3[nH]2)CC1)C(=O)Nc1cccc(C#N)c1. The van der Waals surface area contributed by atoms with E-state index in [-0.39, 0.29) is 11.9 Å². The van der Waals surface area contributed by atoms with Crippen LogP contribution in [-0.2, 0) is 4.79 Å². The number of H-pyrrole nitrogens is 1. The third-order valence-electron chi connectivity index (χ3n) is 6.55. The van der Waals surface area contributed by atoms with Gasteiger partial charge >= 0.3 is 6.03 Å². The Morgan fingerprint density at radius 1 is 1.17 bits per heavy atom. The van der Waals surface area contributed by atoms with Gasteiger partial charge in [-0.25, -0.2) is 9.78 Å². The fraction of sp³-hybridized carbons (Fsp3) is 0.407. The molecule has 0 aliphatic carbocycles. The fourth-order valence-corrected chi connectivity index (χ4v) is 4.49. The Labute approximate surface area is 205 Å². The number of aromatic amines is 1. The molecule has 0 radical (unpaired) electrons. The predicted molar refractivity (Wildman–Crippen MR) is 136 cm³/mol. The van der Waals surface area contributed by atoms with Crippen LogP contribution in [-0.4, -0.2) is 57.9 Å². The van der Waals surface area contributed by atoms with E-state index in [0.29, 0.717) is 49.8 Å². The normalized spacial score (nSPS) is 14.0. The molecule has 2 aromatic carbocycles. The molecule has 8 nitrogen and oxygen atoms in total. The highest BCUT2D eigenvalue weighted by molar-refractivity contribution is 5.90. The molecular weight excluding hydrogens is 440 g/mol. The van der Waals surface area contributed by atoms with Crippen molar-refractivity contribution in [1.82, 2.24) is 19.8 Å². The lowest BCUT2D eigenvalue weighted by molar-refractivity contribution is -0.132. The number of nitrogens with zero attached hydrogens (tertiary/aromatic N) is 4.